The molecule has 4 heteroatoms. The van der Waals surface area contributed by atoms with E-state index >= 15 is 0 Å². The quantitative estimate of drug-likeness (QED) is 0.790. The third-order valence-corrected chi connectivity index (χ3v) is 4.35. The van der Waals surface area contributed by atoms with Crippen LogP contribution in [0.25, 0.3) is 0 Å². The molecule has 2 fully saturated rings. The minimum Gasteiger partial charge on any atom is -0.340 e. The molecule has 2 aliphatic rings. The van der Waals surface area contributed by atoms with Crippen molar-refractivity contribution in [2.75, 3.05) is 0 Å². The summed E-state index contributed by atoms with van der Waals surface area (Å²) in [5.74, 6) is 0.268. The Morgan fingerprint density at radius 3 is 2.16 bits per heavy atom. The summed E-state index contributed by atoms with van der Waals surface area (Å²) in [7, 11) is 0. The summed E-state index contributed by atoms with van der Waals surface area (Å²) < 4.78 is 0. The highest BCUT2D eigenvalue weighted by Gasteiger charge is 2.55. The minimum atomic E-state index is -0.615. The first-order valence-electron chi connectivity index (χ1n) is 7.35. The van der Waals surface area contributed by atoms with Gasteiger partial charge in [-0.2, -0.15) is 0 Å². The van der Waals surface area contributed by atoms with E-state index in [9.17, 15) is 9.59 Å². The number of nitrogens with zero attached hydrogens (tertiary/aromatic N) is 1. The van der Waals surface area contributed by atoms with E-state index in [4.69, 9.17) is 0 Å². The van der Waals surface area contributed by atoms with Crippen LogP contribution >= 0.6 is 0 Å². The Morgan fingerprint density at radius 2 is 1.74 bits per heavy atom. The van der Waals surface area contributed by atoms with Gasteiger partial charge in [0.25, 0.3) is 0 Å². The fraction of sp³-hybridized carbons (Fsp3) is 0.867. The van der Waals surface area contributed by atoms with Gasteiger partial charge in [0.2, 0.25) is 11.8 Å². The standard InChI is InChI=1S/C15H26N2O2/c1-10(2)11-12(18)16-15(8-6-7-9-15)13(19)17(11)14(3,4)5/h10-11H,6-9H2,1-5H3,(H,16,18). The van der Waals surface area contributed by atoms with Crippen LogP contribution in [-0.4, -0.2) is 33.8 Å². The van der Waals surface area contributed by atoms with Crippen LogP contribution in [-0.2, 0) is 9.59 Å². The molecular formula is C15H26N2O2. The van der Waals surface area contributed by atoms with Crippen LogP contribution in [0.4, 0.5) is 0 Å². The van der Waals surface area contributed by atoms with E-state index in [0.717, 1.165) is 25.7 Å². The molecule has 1 saturated carbocycles. The molecule has 1 N–H and O–H groups in total. The maximum absolute atomic E-state index is 13.0. The molecule has 1 heterocycles. The van der Waals surface area contributed by atoms with Crippen LogP contribution in [0.15, 0.2) is 0 Å². The summed E-state index contributed by atoms with van der Waals surface area (Å²) in [6.45, 7) is 10.1. The first kappa shape index (κ1) is 14.4. The van der Waals surface area contributed by atoms with Crippen LogP contribution < -0.4 is 5.32 Å². The number of nitrogens with one attached hydrogen (secondary N) is 1. The smallest absolute Gasteiger partial charge is 0.249 e. The Hall–Kier alpha value is -1.06. The van der Waals surface area contributed by atoms with E-state index in [1.165, 1.54) is 0 Å². The molecule has 1 saturated heterocycles. The second kappa shape index (κ2) is 4.50. The summed E-state index contributed by atoms with van der Waals surface area (Å²) in [5, 5.41) is 3.04. The molecule has 2 amide bonds. The maximum Gasteiger partial charge on any atom is 0.249 e. The maximum atomic E-state index is 13.0. The van der Waals surface area contributed by atoms with E-state index < -0.39 is 5.54 Å². The summed E-state index contributed by atoms with van der Waals surface area (Å²) in [4.78, 5) is 27.3. The monoisotopic (exact) mass is 266 g/mol. The molecule has 1 atom stereocenters. The first-order valence-corrected chi connectivity index (χ1v) is 7.35. The Kier molecular flexibility index (Phi) is 3.40. The zero-order chi connectivity index (χ0) is 14.4. The van der Waals surface area contributed by atoms with Crippen molar-refractivity contribution in [3.05, 3.63) is 0 Å². The predicted molar refractivity (Wildman–Crippen MR) is 74.6 cm³/mol. The van der Waals surface area contributed by atoms with Crippen molar-refractivity contribution in [2.45, 2.75) is 77.4 Å². The van der Waals surface area contributed by atoms with Crippen molar-refractivity contribution >= 4 is 11.8 Å². The zero-order valence-corrected chi connectivity index (χ0v) is 12.7. The van der Waals surface area contributed by atoms with Gasteiger partial charge in [-0.15, -0.1) is 0 Å². The van der Waals surface area contributed by atoms with E-state index in [0.29, 0.717) is 0 Å². The Morgan fingerprint density at radius 1 is 1.21 bits per heavy atom. The highest BCUT2D eigenvalue weighted by atomic mass is 16.2. The molecule has 0 bridgehead atoms. The van der Waals surface area contributed by atoms with Crippen molar-refractivity contribution in [1.82, 2.24) is 10.2 Å². The van der Waals surface area contributed by atoms with Crippen molar-refractivity contribution in [3.63, 3.8) is 0 Å². The average molecular weight is 266 g/mol. The molecule has 0 radical (unpaired) electrons. The number of hydrogen-bond donors (Lipinski definition) is 1. The average Bonchev–Trinajstić information content (AvgIpc) is 2.70. The summed E-state index contributed by atoms with van der Waals surface area (Å²) in [6.07, 6.45) is 3.62. The number of carbonyl (C=O) groups is 2. The fourth-order valence-corrected chi connectivity index (χ4v) is 3.48. The largest absolute Gasteiger partial charge is 0.340 e. The van der Waals surface area contributed by atoms with Gasteiger partial charge in [0, 0.05) is 5.54 Å². The number of carbonyl (C=O) groups excluding carboxylic acids is 2. The topological polar surface area (TPSA) is 49.4 Å². The van der Waals surface area contributed by atoms with E-state index in [2.05, 4.69) is 5.32 Å². The number of rotatable bonds is 1. The van der Waals surface area contributed by atoms with Crippen molar-refractivity contribution in [1.29, 1.82) is 0 Å². The molecule has 1 unspecified atom stereocenters. The van der Waals surface area contributed by atoms with Crippen LogP contribution in [0.2, 0.25) is 0 Å². The second-order valence-corrected chi connectivity index (χ2v) is 7.31. The molecule has 108 valence electrons. The minimum absolute atomic E-state index is 0.0198. The Bertz CT molecular complexity index is 389. The molecule has 0 aromatic heterocycles. The third-order valence-electron chi connectivity index (χ3n) is 4.35. The van der Waals surface area contributed by atoms with Crippen LogP contribution in [0.1, 0.15) is 60.3 Å². The van der Waals surface area contributed by atoms with Gasteiger partial charge >= 0.3 is 0 Å². The summed E-state index contributed by atoms with van der Waals surface area (Å²) in [6, 6.07) is -0.348. The van der Waals surface area contributed by atoms with Crippen LogP contribution in [0.3, 0.4) is 0 Å². The zero-order valence-electron chi connectivity index (χ0n) is 12.7. The molecule has 0 aromatic rings. The highest BCUT2D eigenvalue weighted by molar-refractivity contribution is 6.00. The molecule has 4 nitrogen and oxygen atoms in total. The Labute approximate surface area is 115 Å². The predicted octanol–water partition coefficient (Wildman–Crippen LogP) is 2.08. The normalized spacial score (nSPS) is 27.3. The second-order valence-electron chi connectivity index (χ2n) is 7.31. The number of amides is 2. The van der Waals surface area contributed by atoms with Gasteiger partial charge in [-0.25, -0.2) is 0 Å². The van der Waals surface area contributed by atoms with Crippen molar-refractivity contribution in [2.24, 2.45) is 5.92 Å². The number of piperazine rings is 1. The van der Waals surface area contributed by atoms with E-state index in [-0.39, 0.29) is 29.3 Å². The van der Waals surface area contributed by atoms with Gasteiger partial charge in [-0.05, 0) is 39.5 Å². The fourth-order valence-electron chi connectivity index (χ4n) is 3.48. The van der Waals surface area contributed by atoms with Gasteiger partial charge < -0.3 is 10.2 Å². The van der Waals surface area contributed by atoms with Crippen molar-refractivity contribution in [3.8, 4) is 0 Å². The highest BCUT2D eigenvalue weighted by Crippen LogP contribution is 2.38. The van der Waals surface area contributed by atoms with Crippen LogP contribution in [0.5, 0.6) is 0 Å². The van der Waals surface area contributed by atoms with Gasteiger partial charge in [-0.3, -0.25) is 9.59 Å². The van der Waals surface area contributed by atoms with Gasteiger partial charge in [0.1, 0.15) is 11.6 Å². The lowest BCUT2D eigenvalue weighted by Crippen LogP contribution is -2.73. The lowest BCUT2D eigenvalue weighted by Gasteiger charge is -2.51. The van der Waals surface area contributed by atoms with E-state index in [1.54, 1.807) is 0 Å². The molecule has 19 heavy (non-hydrogen) atoms. The van der Waals surface area contributed by atoms with E-state index in [1.807, 2.05) is 39.5 Å². The first-order chi connectivity index (χ1) is 8.69. The SMILES string of the molecule is CC(C)C1C(=O)NC2(CCCC2)C(=O)N1C(C)(C)C. The molecule has 1 aliphatic carbocycles. The summed E-state index contributed by atoms with van der Waals surface area (Å²) >= 11 is 0. The van der Waals surface area contributed by atoms with Crippen LogP contribution in [0, 0.1) is 5.92 Å². The Balaban J connectivity index is 2.42. The molecule has 0 aromatic carbocycles. The summed E-state index contributed by atoms with van der Waals surface area (Å²) in [5.41, 5.74) is -0.935. The third kappa shape index (κ3) is 2.26. The van der Waals surface area contributed by atoms with Gasteiger partial charge in [0.05, 0.1) is 0 Å². The van der Waals surface area contributed by atoms with Gasteiger partial charge in [-0.1, -0.05) is 26.7 Å². The molecule has 1 spiro atoms. The molecular weight excluding hydrogens is 240 g/mol. The molecule has 1 aliphatic heterocycles. The van der Waals surface area contributed by atoms with Gasteiger partial charge in [0.15, 0.2) is 0 Å². The molecule has 2 rings (SSSR count). The van der Waals surface area contributed by atoms with Crippen molar-refractivity contribution < 1.29 is 9.59 Å². The number of hydrogen-bond acceptors (Lipinski definition) is 2. The lowest BCUT2D eigenvalue weighted by atomic mass is 9.84. The lowest BCUT2D eigenvalue weighted by molar-refractivity contribution is -0.163.